The van der Waals surface area contributed by atoms with Crippen LogP contribution in [0.25, 0.3) is 0 Å². The zero-order valence-electron chi connectivity index (χ0n) is 79.6. The van der Waals surface area contributed by atoms with Crippen molar-refractivity contribution in [3.8, 4) is 0 Å². The van der Waals surface area contributed by atoms with Crippen molar-refractivity contribution in [1.29, 1.82) is 0 Å². The normalized spacial score (nSPS) is 12.5. The molecule has 0 bridgehead atoms. The number of halogens is 1. The van der Waals surface area contributed by atoms with Crippen LogP contribution in [0.15, 0.2) is 273 Å². The van der Waals surface area contributed by atoms with Gasteiger partial charge in [-0.1, -0.05) is 334 Å². The maximum Gasteiger partial charge on any atom is 2.00 e. The van der Waals surface area contributed by atoms with Gasteiger partial charge in [-0.15, -0.1) is 0 Å². The van der Waals surface area contributed by atoms with E-state index in [1.165, 1.54) is 46.1 Å². The number of carbonyl (C=O) groups excluding carboxylic acids is 3. The van der Waals surface area contributed by atoms with E-state index in [9.17, 15) is 39.8 Å². The summed E-state index contributed by atoms with van der Waals surface area (Å²) >= 11 is 0. The molecule has 0 aliphatic rings. The van der Waals surface area contributed by atoms with Crippen LogP contribution in [0, 0.1) is 16.5 Å². The molecule has 0 aromatic heterocycles. The van der Waals surface area contributed by atoms with Gasteiger partial charge >= 0.3 is 35.0 Å². The number of hydrogen-bond donors (Lipinski definition) is 2. The molecule has 10 aromatic carbocycles. The predicted molar refractivity (Wildman–Crippen MR) is 516 cm³/mol. The van der Waals surface area contributed by atoms with Gasteiger partial charge in [0, 0.05) is 56.8 Å². The maximum absolute atomic E-state index is 13.5. The fourth-order valence-corrected chi connectivity index (χ4v) is 13.4. The van der Waals surface area contributed by atoms with Gasteiger partial charge in [-0.25, -0.2) is 4.79 Å². The van der Waals surface area contributed by atoms with Crippen LogP contribution in [-0.2, 0) is 46.2 Å². The maximum atomic E-state index is 13.5. The van der Waals surface area contributed by atoms with Crippen molar-refractivity contribution in [1.82, 2.24) is 19.6 Å². The Bertz CT molecular complexity index is 4610. The molecule has 0 spiro atoms. The molecule has 0 aliphatic carbocycles. The molecule has 670 valence electrons. The first-order chi connectivity index (χ1) is 57.5. The van der Waals surface area contributed by atoms with Crippen LogP contribution in [0.1, 0.15) is 230 Å². The number of ether oxygens (including phenoxy) is 1. The molecule has 15 nitrogen and oxygen atoms in total. The molecule has 2 amide bonds. The zero-order valence-corrected chi connectivity index (χ0v) is 82.6. The van der Waals surface area contributed by atoms with Crippen molar-refractivity contribution >= 4 is 46.8 Å². The quantitative estimate of drug-likeness (QED) is 0.0165. The number of quaternary nitrogens is 2. The first-order valence-electron chi connectivity index (χ1n) is 43.1. The van der Waals surface area contributed by atoms with E-state index in [4.69, 9.17) is 0 Å². The summed E-state index contributed by atoms with van der Waals surface area (Å²) in [6.07, 6.45) is 0.344. The van der Waals surface area contributed by atoms with Crippen LogP contribution in [-0.4, -0.2) is 202 Å². The van der Waals surface area contributed by atoms with Crippen molar-refractivity contribution in [2.45, 2.75) is 174 Å². The molecule has 0 saturated heterocycles. The molecular formula is C108H145BrMgN6O9. The van der Waals surface area contributed by atoms with E-state index in [0.29, 0.717) is 25.1 Å². The minimum atomic E-state index is -0.774. The Labute approximate surface area is 778 Å². The number of aliphatic carboxylic acids is 1. The van der Waals surface area contributed by atoms with Crippen molar-refractivity contribution < 1.29 is 60.4 Å². The van der Waals surface area contributed by atoms with Crippen LogP contribution >= 0.6 is 0 Å². The van der Waals surface area contributed by atoms with Crippen LogP contribution in [0.2, 0.25) is 0 Å². The summed E-state index contributed by atoms with van der Waals surface area (Å²) in [5.41, 5.74) is 16.0. The number of carboxylic acid groups (broad SMARTS) is 1. The molecule has 0 aliphatic heterocycles. The SMILES string of the molecule is CC(C)(C)c1ccc(C(CC(=O)N(CC[N+](C)(C)[O-])CC[N+](C)(C)[O-])c2ccccc2)cc1.CC(C)(C)c1ccc(C(CC(=O)O)c2ccccc2)cc1.CC(C)(C)c1ccc(C(O)c2ccccc2)cc1.CN(C)CCN(CCN(C)C)C(=O)CC(c1ccccc1)c1ccc(C(C)(C)C)cc1.COC(=O)c1ccc(C(C)(C)C)cc1.[Br-].[Mg+2].[c-]1ccccc1. The molecule has 2 N–H and O–H groups in total. The molecular weight excluding hydrogens is 1630 g/mol. The van der Waals surface area contributed by atoms with Gasteiger partial charge in [0.25, 0.3) is 0 Å². The summed E-state index contributed by atoms with van der Waals surface area (Å²) < 4.78 is 3.67. The molecule has 4 unspecified atom stereocenters. The van der Waals surface area contributed by atoms with E-state index in [-0.39, 0.29) is 129 Å². The summed E-state index contributed by atoms with van der Waals surface area (Å²) in [6.45, 7) is 37.2. The Morgan fingerprint density at radius 2 is 0.584 bits per heavy atom. The van der Waals surface area contributed by atoms with Gasteiger partial charge in [-0.2, -0.15) is 36.4 Å². The third kappa shape index (κ3) is 41.1. The first-order valence-corrected chi connectivity index (χ1v) is 43.1. The Hall–Kier alpha value is -8.95. The first kappa shape index (κ1) is 110. The van der Waals surface area contributed by atoms with Crippen LogP contribution in [0.3, 0.4) is 0 Å². The number of carbonyl (C=O) groups is 4. The van der Waals surface area contributed by atoms with E-state index in [0.717, 1.165) is 59.6 Å². The number of carboxylic acids is 1. The number of benzene rings is 10. The van der Waals surface area contributed by atoms with E-state index in [1.54, 1.807) is 45.2 Å². The molecule has 125 heavy (non-hydrogen) atoms. The van der Waals surface area contributed by atoms with E-state index >= 15 is 0 Å². The summed E-state index contributed by atoms with van der Waals surface area (Å²) in [5.74, 6) is -1.02. The van der Waals surface area contributed by atoms with Gasteiger partial charge < -0.3 is 71.2 Å². The van der Waals surface area contributed by atoms with Gasteiger partial charge in [0.05, 0.1) is 73.5 Å². The molecule has 17 heteroatoms. The monoisotopic (exact) mass is 1770 g/mol. The number of esters is 1. The number of rotatable bonds is 27. The molecule has 0 fully saturated rings. The zero-order chi connectivity index (χ0) is 91.5. The Kier molecular flexibility index (Phi) is 46.2. The number of nitrogens with zero attached hydrogens (tertiary/aromatic N) is 6. The van der Waals surface area contributed by atoms with Crippen molar-refractivity contribution in [2.24, 2.45) is 0 Å². The molecule has 0 saturated carbocycles. The molecule has 4 atom stereocenters. The number of aliphatic hydroxyl groups excluding tert-OH is 1. The fraction of sp³-hybridized carbons (Fsp3) is 0.407. The number of methoxy groups -OCH3 is 1. The van der Waals surface area contributed by atoms with Gasteiger partial charge in [0.2, 0.25) is 11.8 Å². The van der Waals surface area contributed by atoms with Gasteiger partial charge in [0.15, 0.2) is 0 Å². The average Bonchev–Trinajstić information content (AvgIpc) is 0.896. The Morgan fingerprint density at radius 3 is 0.816 bits per heavy atom. The van der Waals surface area contributed by atoms with Gasteiger partial charge in [-0.05, 0) is 140 Å². The number of aliphatic hydroxyl groups is 1. The Balaban J connectivity index is 0.000000405. The number of hydrogen-bond acceptors (Lipinski definition) is 10. The number of amides is 2. The summed E-state index contributed by atoms with van der Waals surface area (Å²) in [6, 6.07) is 94.0. The predicted octanol–water partition coefficient (Wildman–Crippen LogP) is 18.5. The van der Waals surface area contributed by atoms with Crippen LogP contribution < -0.4 is 17.0 Å². The third-order valence-corrected chi connectivity index (χ3v) is 21.4. The minimum absolute atomic E-state index is 0. The second-order valence-corrected chi connectivity index (χ2v) is 38.6. The average molecular weight is 1780 g/mol. The van der Waals surface area contributed by atoms with Crippen molar-refractivity contribution in [3.63, 3.8) is 0 Å². The summed E-state index contributed by atoms with van der Waals surface area (Å²) in [7, 11) is 15.9. The third-order valence-electron chi connectivity index (χ3n) is 21.4. The number of hydroxylamine groups is 6. The van der Waals surface area contributed by atoms with E-state index < -0.39 is 21.4 Å². The van der Waals surface area contributed by atoms with Crippen LogP contribution in [0.4, 0.5) is 0 Å². The second-order valence-electron chi connectivity index (χ2n) is 38.6. The van der Waals surface area contributed by atoms with Gasteiger partial charge in [-0.3, -0.25) is 14.4 Å². The second kappa shape index (κ2) is 52.4. The summed E-state index contributed by atoms with van der Waals surface area (Å²) in [4.78, 5) is 57.2. The smallest absolute Gasteiger partial charge is 1.00 e. The van der Waals surface area contributed by atoms with Crippen LogP contribution in [0.5, 0.6) is 0 Å². The molecule has 0 radical (unpaired) electrons. The van der Waals surface area contributed by atoms with E-state index in [1.807, 2.05) is 144 Å². The topological polar surface area (TPSA) is 177 Å². The largest absolute Gasteiger partial charge is 2.00 e. The fourth-order valence-electron chi connectivity index (χ4n) is 13.4. The number of likely N-dealkylation sites (N-methyl/N-ethyl adjacent to an activating group) is 4. The molecule has 10 rings (SSSR count). The van der Waals surface area contributed by atoms with Gasteiger partial charge in [0.1, 0.15) is 6.10 Å². The molecule has 0 heterocycles. The molecule has 10 aromatic rings. The summed E-state index contributed by atoms with van der Waals surface area (Å²) in [5, 5.41) is 43.8. The standard InChI is InChI=1S/C27H41N3O3.C27H41N3O.C19H22O2.C17H20O.C12H16O2.C6H5.BrH.Mg/c1-27(2,3)24-15-13-23(14-16-24)25(22-11-9-8-10-12-22)21-26(31)28(17-19-29(4,5)32)18-20-30(6,7)33;1-27(2,3)24-15-13-23(14-16-24)25(22-11-9-8-10-12-22)21-26(31)30(19-17-28(4)5)20-18-29(6)7;1-19(2,3)16-11-9-15(10-12-16)17(13-18(20)21)14-7-5-4-6-8-14;1-17(2,3)15-11-9-14(10-12-15)16(18)13-7-5-4-6-8-13;1-12(2,3)10-7-5-9(6-8-10)11(13)14-4;1-2-4-6-5-3-1;;/h8-16,25H,17-21H2,1-7H3;8-16,25H,17-21H2,1-7H3;4-12,17H,13H2,1-3H3,(H,20,21);4-12,16,18H,1-3H3;5-8H,1-4H3;1-5H;1H;/q;;;;;-1;;+2/p-1. The van der Waals surface area contributed by atoms with Crippen molar-refractivity contribution in [2.75, 3.05) is 116 Å². The van der Waals surface area contributed by atoms with Crippen molar-refractivity contribution in [3.05, 3.63) is 367 Å². The van der Waals surface area contributed by atoms with E-state index in [2.05, 4.69) is 274 Å². The Morgan fingerprint density at radius 1 is 0.352 bits per heavy atom. The minimum Gasteiger partial charge on any atom is -1.00 e.